The van der Waals surface area contributed by atoms with Gasteiger partial charge >= 0.3 is 0 Å². The Hall–Kier alpha value is -0.330. The van der Waals surface area contributed by atoms with Crippen LogP contribution in [0.2, 0.25) is 0 Å². The van der Waals surface area contributed by atoms with E-state index in [1.54, 1.807) is 0 Å². The Morgan fingerprint density at radius 2 is 1.89 bits per heavy atom. The molecule has 0 amide bonds. The van der Waals surface area contributed by atoms with Crippen LogP contribution in [0, 0.1) is 35.0 Å². The molecule has 0 unspecified atom stereocenters. The van der Waals surface area contributed by atoms with Gasteiger partial charge in [-0.2, -0.15) is 0 Å². The zero-order valence-electron chi connectivity index (χ0n) is 12.4. The molecule has 4 fully saturated rings. The van der Waals surface area contributed by atoms with Gasteiger partial charge < -0.3 is 0 Å². The second-order valence-corrected chi connectivity index (χ2v) is 8.23. The van der Waals surface area contributed by atoms with Gasteiger partial charge in [0.15, 0.2) is 0 Å². The highest BCUT2D eigenvalue weighted by atomic mass is 16.1. The van der Waals surface area contributed by atoms with Gasteiger partial charge in [0.2, 0.25) is 0 Å². The third-order valence-corrected chi connectivity index (χ3v) is 7.68. The molecular weight excluding hydrogens is 232 g/mol. The normalized spacial score (nSPS) is 53.3. The summed E-state index contributed by atoms with van der Waals surface area (Å²) in [4.78, 5) is 11.8. The number of hydrogen-bond donors (Lipinski definition) is 0. The predicted octanol–water partition coefficient (Wildman–Crippen LogP) is 4.60. The van der Waals surface area contributed by atoms with Crippen LogP contribution in [0.5, 0.6) is 0 Å². The van der Waals surface area contributed by atoms with Crippen molar-refractivity contribution in [2.45, 2.75) is 71.1 Å². The van der Waals surface area contributed by atoms with Gasteiger partial charge in [-0.15, -0.1) is 0 Å². The summed E-state index contributed by atoms with van der Waals surface area (Å²) in [6.07, 6.45) is 13.3. The molecule has 4 aliphatic carbocycles. The van der Waals surface area contributed by atoms with Gasteiger partial charge in [-0.25, -0.2) is 0 Å². The van der Waals surface area contributed by atoms with E-state index in [9.17, 15) is 4.79 Å². The van der Waals surface area contributed by atoms with Crippen molar-refractivity contribution in [3.05, 3.63) is 0 Å². The van der Waals surface area contributed by atoms with Crippen molar-refractivity contribution in [2.24, 2.45) is 35.0 Å². The standard InChI is InChI=1S/C18H28O/c1-18-10-9-14(19)11-13(18)6-7-16-15-4-2-3-12(15)5-8-17(16)18/h12-13,15-17H,2-11H2,1H3/t12-,13+,15+,16-,17-,18-/m0/s1. The summed E-state index contributed by atoms with van der Waals surface area (Å²) in [5, 5.41) is 0. The average Bonchev–Trinajstić information content (AvgIpc) is 2.88. The molecule has 0 saturated heterocycles. The molecule has 0 aromatic rings. The fraction of sp³-hybridized carbons (Fsp3) is 0.944. The Morgan fingerprint density at radius 3 is 2.79 bits per heavy atom. The van der Waals surface area contributed by atoms with Crippen molar-refractivity contribution in [3.8, 4) is 0 Å². The molecule has 19 heavy (non-hydrogen) atoms. The van der Waals surface area contributed by atoms with Crippen LogP contribution in [-0.4, -0.2) is 5.78 Å². The van der Waals surface area contributed by atoms with Gasteiger partial charge in [0.05, 0.1) is 0 Å². The lowest BCUT2D eigenvalue weighted by Crippen LogP contribution is -2.51. The van der Waals surface area contributed by atoms with Crippen molar-refractivity contribution in [2.75, 3.05) is 0 Å². The molecule has 0 aromatic heterocycles. The summed E-state index contributed by atoms with van der Waals surface area (Å²) in [7, 11) is 0. The molecule has 0 aromatic carbocycles. The monoisotopic (exact) mass is 260 g/mol. The Balaban J connectivity index is 1.62. The summed E-state index contributed by atoms with van der Waals surface area (Å²) < 4.78 is 0. The molecule has 0 heterocycles. The minimum atomic E-state index is 0.518. The van der Waals surface area contributed by atoms with E-state index in [4.69, 9.17) is 0 Å². The lowest BCUT2D eigenvalue weighted by Gasteiger charge is -2.57. The number of carbonyl (C=O) groups excluding carboxylic acids is 1. The van der Waals surface area contributed by atoms with Gasteiger partial charge in [0.1, 0.15) is 5.78 Å². The highest BCUT2D eigenvalue weighted by Gasteiger charge is 2.54. The van der Waals surface area contributed by atoms with Crippen LogP contribution in [0.3, 0.4) is 0 Å². The number of Topliss-reactive ketones (excluding diaryl/α,β-unsaturated/α-hetero) is 1. The number of ketones is 1. The van der Waals surface area contributed by atoms with Crippen molar-refractivity contribution in [1.29, 1.82) is 0 Å². The third kappa shape index (κ3) is 1.76. The quantitative estimate of drug-likeness (QED) is 0.622. The van der Waals surface area contributed by atoms with E-state index < -0.39 is 0 Å². The molecule has 0 radical (unpaired) electrons. The van der Waals surface area contributed by atoms with Crippen LogP contribution in [0.15, 0.2) is 0 Å². The zero-order valence-corrected chi connectivity index (χ0v) is 12.4. The Bertz CT molecular complexity index is 387. The highest BCUT2D eigenvalue weighted by Crippen LogP contribution is 2.62. The maximum atomic E-state index is 11.8. The lowest BCUT2D eigenvalue weighted by molar-refractivity contribution is -0.134. The molecule has 0 spiro atoms. The van der Waals surface area contributed by atoms with Crippen LogP contribution < -0.4 is 0 Å². The van der Waals surface area contributed by atoms with Crippen molar-refractivity contribution in [1.82, 2.24) is 0 Å². The molecule has 1 heteroatoms. The maximum absolute atomic E-state index is 11.8. The summed E-state index contributed by atoms with van der Waals surface area (Å²) in [6.45, 7) is 2.55. The number of rotatable bonds is 0. The Kier molecular flexibility index (Phi) is 2.83. The van der Waals surface area contributed by atoms with Crippen molar-refractivity contribution in [3.63, 3.8) is 0 Å². The Morgan fingerprint density at radius 1 is 1.00 bits per heavy atom. The summed E-state index contributed by atoms with van der Waals surface area (Å²) in [5.41, 5.74) is 0.518. The summed E-state index contributed by atoms with van der Waals surface area (Å²) in [6, 6.07) is 0. The fourth-order valence-electron chi connectivity index (χ4n) is 6.66. The first kappa shape index (κ1) is 12.4. The number of fused-ring (bicyclic) bond motifs is 5. The first-order chi connectivity index (χ1) is 9.18. The van der Waals surface area contributed by atoms with Crippen LogP contribution >= 0.6 is 0 Å². The van der Waals surface area contributed by atoms with Crippen LogP contribution in [-0.2, 0) is 4.79 Å². The molecular formula is C18H28O. The first-order valence-electron chi connectivity index (χ1n) is 8.70. The summed E-state index contributed by atoms with van der Waals surface area (Å²) >= 11 is 0. The number of carbonyl (C=O) groups is 1. The zero-order chi connectivity index (χ0) is 13.0. The van der Waals surface area contributed by atoms with Gasteiger partial charge in [-0.1, -0.05) is 19.8 Å². The SMILES string of the molecule is C[C@]12CCC(=O)C[C@H]1CC[C@H]1[C@@H]3CCC[C@H]3CC[C@@H]12. The first-order valence-corrected chi connectivity index (χ1v) is 8.70. The molecule has 0 aliphatic heterocycles. The summed E-state index contributed by atoms with van der Waals surface area (Å²) in [5.74, 6) is 5.40. The van der Waals surface area contributed by atoms with Crippen LogP contribution in [0.25, 0.3) is 0 Å². The Labute approximate surface area is 117 Å². The van der Waals surface area contributed by atoms with Gasteiger partial charge in [0, 0.05) is 12.8 Å². The molecule has 106 valence electrons. The maximum Gasteiger partial charge on any atom is 0.133 e. The molecule has 0 N–H and O–H groups in total. The van der Waals surface area contributed by atoms with Gasteiger partial charge in [-0.3, -0.25) is 4.79 Å². The van der Waals surface area contributed by atoms with E-state index in [-0.39, 0.29) is 0 Å². The van der Waals surface area contributed by atoms with Gasteiger partial charge in [-0.05, 0) is 73.5 Å². The van der Waals surface area contributed by atoms with E-state index in [2.05, 4.69) is 6.92 Å². The topological polar surface area (TPSA) is 17.1 Å². The van der Waals surface area contributed by atoms with Crippen molar-refractivity contribution >= 4 is 5.78 Å². The van der Waals surface area contributed by atoms with E-state index in [0.717, 1.165) is 42.4 Å². The average molecular weight is 260 g/mol. The molecule has 4 rings (SSSR count). The highest BCUT2D eigenvalue weighted by molar-refractivity contribution is 5.79. The molecule has 6 atom stereocenters. The van der Waals surface area contributed by atoms with E-state index in [1.165, 1.54) is 51.4 Å². The molecule has 4 saturated carbocycles. The van der Waals surface area contributed by atoms with Gasteiger partial charge in [0.25, 0.3) is 0 Å². The predicted molar refractivity (Wildman–Crippen MR) is 76.7 cm³/mol. The van der Waals surface area contributed by atoms with Crippen LogP contribution in [0.4, 0.5) is 0 Å². The lowest BCUT2D eigenvalue weighted by atomic mass is 9.47. The number of hydrogen-bond acceptors (Lipinski definition) is 1. The van der Waals surface area contributed by atoms with Crippen molar-refractivity contribution < 1.29 is 4.79 Å². The molecule has 0 bridgehead atoms. The van der Waals surface area contributed by atoms with E-state index in [1.807, 2.05) is 0 Å². The smallest absolute Gasteiger partial charge is 0.133 e. The molecule has 1 nitrogen and oxygen atoms in total. The minimum Gasteiger partial charge on any atom is -0.300 e. The largest absolute Gasteiger partial charge is 0.300 e. The van der Waals surface area contributed by atoms with Crippen LogP contribution in [0.1, 0.15) is 71.1 Å². The fourth-order valence-corrected chi connectivity index (χ4v) is 6.66. The van der Waals surface area contributed by atoms with E-state index >= 15 is 0 Å². The third-order valence-electron chi connectivity index (χ3n) is 7.68. The van der Waals surface area contributed by atoms with E-state index in [0.29, 0.717) is 11.2 Å². The second-order valence-electron chi connectivity index (χ2n) is 8.23. The second kappa shape index (κ2) is 4.33. The molecule has 4 aliphatic rings. The minimum absolute atomic E-state index is 0.518.